The van der Waals surface area contributed by atoms with Crippen LogP contribution in [0.2, 0.25) is 0 Å². The average Bonchev–Trinajstić information content (AvgIpc) is 3.39. The molecule has 0 bridgehead atoms. The molecule has 0 aromatic carbocycles. The lowest BCUT2D eigenvalue weighted by molar-refractivity contribution is -0.207. The van der Waals surface area contributed by atoms with Crippen molar-refractivity contribution in [3.63, 3.8) is 0 Å². The molecular weight excluding hydrogens is 402 g/mol. The first kappa shape index (κ1) is 22.9. The minimum absolute atomic E-state index is 0.0366. The van der Waals surface area contributed by atoms with Gasteiger partial charge in [0.25, 0.3) is 0 Å². The van der Waals surface area contributed by atoms with Crippen LogP contribution in [0.3, 0.4) is 0 Å². The van der Waals surface area contributed by atoms with Gasteiger partial charge in [-0.05, 0) is 98.5 Å². The Morgan fingerprint density at radius 2 is 1.91 bits per heavy atom. The molecule has 5 nitrogen and oxygen atoms in total. The van der Waals surface area contributed by atoms with E-state index in [1.54, 1.807) is 6.26 Å². The van der Waals surface area contributed by atoms with Gasteiger partial charge in [0, 0.05) is 12.0 Å². The normalized spacial score (nSPS) is 45.8. The molecular formula is C27H43NO4. The molecule has 4 fully saturated rings. The standard InChI is InChI=1S/C27H43NO4/c1-25-9-5-21(32-16-15-30-14-12-28)17-20(25)3-4-24-23(25)6-10-26(2)22(7-11-27(24,26)29)19-8-13-31-18-19/h8,13,18,20-24,29H,3-7,9-12,14-17,28H2,1-2H3/t20-,21+,22-,23+,24-,25+,26-,27+/m1/s1. The van der Waals surface area contributed by atoms with Crippen LogP contribution in [0.5, 0.6) is 0 Å². The Kier molecular flexibility index (Phi) is 6.24. The van der Waals surface area contributed by atoms with Crippen LogP contribution in [0.25, 0.3) is 0 Å². The average molecular weight is 446 g/mol. The summed E-state index contributed by atoms with van der Waals surface area (Å²) in [6.07, 6.45) is 14.4. The smallest absolute Gasteiger partial charge is 0.0937 e. The Morgan fingerprint density at radius 3 is 2.69 bits per heavy atom. The first-order chi connectivity index (χ1) is 15.4. The van der Waals surface area contributed by atoms with Crippen LogP contribution in [0.15, 0.2) is 23.0 Å². The van der Waals surface area contributed by atoms with Crippen molar-refractivity contribution in [3.8, 4) is 0 Å². The van der Waals surface area contributed by atoms with Gasteiger partial charge >= 0.3 is 0 Å². The summed E-state index contributed by atoms with van der Waals surface area (Å²) in [6, 6.07) is 2.12. The molecule has 1 heterocycles. The molecule has 5 heteroatoms. The quantitative estimate of drug-likeness (QED) is 0.585. The maximum Gasteiger partial charge on any atom is 0.0937 e. The third-order valence-electron chi connectivity index (χ3n) is 10.6. The molecule has 1 aromatic heterocycles. The van der Waals surface area contributed by atoms with Gasteiger partial charge in [0.05, 0.1) is 44.1 Å². The molecule has 4 saturated carbocycles. The van der Waals surface area contributed by atoms with Crippen LogP contribution >= 0.6 is 0 Å². The second-order valence-electron chi connectivity index (χ2n) is 11.7. The zero-order chi connectivity index (χ0) is 22.4. The fraction of sp³-hybridized carbons (Fsp3) is 0.852. The van der Waals surface area contributed by atoms with Crippen LogP contribution in [-0.4, -0.2) is 43.2 Å². The van der Waals surface area contributed by atoms with E-state index in [1.807, 2.05) is 6.26 Å². The predicted molar refractivity (Wildman–Crippen MR) is 124 cm³/mol. The van der Waals surface area contributed by atoms with Gasteiger partial charge in [-0.15, -0.1) is 0 Å². The summed E-state index contributed by atoms with van der Waals surface area (Å²) in [7, 11) is 0. The van der Waals surface area contributed by atoms with E-state index in [-0.39, 0.29) is 5.41 Å². The molecule has 0 saturated heterocycles. The molecule has 4 aliphatic rings. The zero-order valence-electron chi connectivity index (χ0n) is 20.1. The van der Waals surface area contributed by atoms with Crippen LogP contribution in [0, 0.1) is 28.6 Å². The highest BCUT2D eigenvalue weighted by molar-refractivity contribution is 5.26. The van der Waals surface area contributed by atoms with Crippen molar-refractivity contribution >= 4 is 0 Å². The highest BCUT2D eigenvalue weighted by atomic mass is 16.5. The Morgan fingerprint density at radius 1 is 1.03 bits per heavy atom. The van der Waals surface area contributed by atoms with Crippen molar-refractivity contribution in [1.29, 1.82) is 0 Å². The molecule has 0 radical (unpaired) electrons. The molecule has 0 unspecified atom stereocenters. The molecule has 5 rings (SSSR count). The van der Waals surface area contributed by atoms with Gasteiger partial charge in [0.2, 0.25) is 0 Å². The third-order valence-corrected chi connectivity index (χ3v) is 10.6. The van der Waals surface area contributed by atoms with E-state index < -0.39 is 5.60 Å². The Bertz CT molecular complexity index is 768. The van der Waals surface area contributed by atoms with E-state index in [0.717, 1.165) is 25.7 Å². The molecule has 0 amide bonds. The molecule has 3 N–H and O–H groups in total. The molecule has 4 aliphatic carbocycles. The Balaban J connectivity index is 1.27. The summed E-state index contributed by atoms with van der Waals surface area (Å²) in [5, 5.41) is 12.3. The molecule has 1 aromatic rings. The number of fused-ring (bicyclic) bond motifs is 5. The van der Waals surface area contributed by atoms with Gasteiger partial charge in [-0.3, -0.25) is 0 Å². The van der Waals surface area contributed by atoms with E-state index in [1.165, 1.54) is 37.7 Å². The molecule has 8 atom stereocenters. The largest absolute Gasteiger partial charge is 0.472 e. The lowest BCUT2D eigenvalue weighted by Crippen LogP contribution is -2.62. The number of hydrogen-bond acceptors (Lipinski definition) is 5. The number of aliphatic hydroxyl groups is 1. The van der Waals surface area contributed by atoms with Crippen molar-refractivity contribution in [2.45, 2.75) is 89.3 Å². The third kappa shape index (κ3) is 3.50. The fourth-order valence-electron chi connectivity index (χ4n) is 8.80. The number of rotatable bonds is 7. The summed E-state index contributed by atoms with van der Waals surface area (Å²) in [5.41, 5.74) is 6.53. The lowest BCUT2D eigenvalue weighted by atomic mass is 9.43. The lowest BCUT2D eigenvalue weighted by Gasteiger charge is -2.63. The Labute approximate surface area is 193 Å². The van der Waals surface area contributed by atoms with E-state index in [2.05, 4.69) is 19.9 Å². The van der Waals surface area contributed by atoms with Crippen LogP contribution in [0.4, 0.5) is 0 Å². The van der Waals surface area contributed by atoms with Gasteiger partial charge in [0.15, 0.2) is 0 Å². The van der Waals surface area contributed by atoms with Gasteiger partial charge in [0.1, 0.15) is 0 Å². The van der Waals surface area contributed by atoms with Crippen LogP contribution in [0.1, 0.15) is 83.1 Å². The van der Waals surface area contributed by atoms with Crippen LogP contribution < -0.4 is 5.73 Å². The minimum atomic E-state index is -0.542. The predicted octanol–water partition coefficient (Wildman–Crippen LogP) is 4.88. The van der Waals surface area contributed by atoms with Gasteiger partial charge < -0.3 is 24.7 Å². The maximum atomic E-state index is 12.3. The number of ether oxygens (including phenoxy) is 2. The number of hydrogen-bond donors (Lipinski definition) is 2. The van der Waals surface area contributed by atoms with E-state index in [9.17, 15) is 5.11 Å². The molecule has 0 aliphatic heterocycles. The van der Waals surface area contributed by atoms with E-state index in [0.29, 0.717) is 61.6 Å². The van der Waals surface area contributed by atoms with Crippen molar-refractivity contribution in [2.24, 2.45) is 34.3 Å². The first-order valence-corrected chi connectivity index (χ1v) is 13.1. The van der Waals surface area contributed by atoms with E-state index in [4.69, 9.17) is 19.6 Å². The minimum Gasteiger partial charge on any atom is -0.472 e. The van der Waals surface area contributed by atoms with Gasteiger partial charge in [-0.25, -0.2) is 0 Å². The van der Waals surface area contributed by atoms with Gasteiger partial charge in [-0.1, -0.05) is 13.8 Å². The maximum absolute atomic E-state index is 12.3. The second-order valence-corrected chi connectivity index (χ2v) is 11.7. The summed E-state index contributed by atoms with van der Waals surface area (Å²) in [6.45, 7) is 7.42. The summed E-state index contributed by atoms with van der Waals surface area (Å²) in [4.78, 5) is 0. The Hall–Kier alpha value is -0.880. The number of furan rings is 1. The fourth-order valence-corrected chi connectivity index (χ4v) is 8.80. The summed E-state index contributed by atoms with van der Waals surface area (Å²) < 4.78 is 17.1. The number of nitrogens with two attached hydrogens (primary N) is 1. The topological polar surface area (TPSA) is 77.9 Å². The first-order valence-electron chi connectivity index (χ1n) is 13.1. The zero-order valence-corrected chi connectivity index (χ0v) is 20.1. The van der Waals surface area contributed by atoms with Crippen molar-refractivity contribution < 1.29 is 19.0 Å². The van der Waals surface area contributed by atoms with Crippen LogP contribution in [-0.2, 0) is 9.47 Å². The molecule has 180 valence electrons. The van der Waals surface area contributed by atoms with Crippen molar-refractivity contribution in [1.82, 2.24) is 0 Å². The SMILES string of the molecule is C[C@]12CC[C@H](OCCOCCN)C[C@H]1CC[C@@H]1[C@@H]2CC[C@]2(C)[C@@H](c3ccoc3)CC[C@]12O. The van der Waals surface area contributed by atoms with E-state index >= 15 is 0 Å². The summed E-state index contributed by atoms with van der Waals surface area (Å²) in [5.74, 6) is 2.20. The highest BCUT2D eigenvalue weighted by Gasteiger charge is 2.67. The van der Waals surface area contributed by atoms with Crippen molar-refractivity contribution in [2.75, 3.05) is 26.4 Å². The highest BCUT2D eigenvalue weighted by Crippen LogP contribution is 2.70. The monoisotopic (exact) mass is 445 g/mol. The summed E-state index contributed by atoms with van der Waals surface area (Å²) >= 11 is 0. The van der Waals surface area contributed by atoms with Crippen molar-refractivity contribution in [3.05, 3.63) is 24.2 Å². The van der Waals surface area contributed by atoms with Gasteiger partial charge in [-0.2, -0.15) is 0 Å². The second kappa shape index (κ2) is 8.72. The molecule has 32 heavy (non-hydrogen) atoms. The molecule has 0 spiro atoms.